The van der Waals surface area contributed by atoms with Crippen molar-refractivity contribution in [2.24, 2.45) is 0 Å². The minimum atomic E-state index is -0.366. The number of carbonyl (C=O) groups is 3. The molecule has 2 aliphatic rings. The van der Waals surface area contributed by atoms with Crippen LogP contribution >= 0.6 is 11.3 Å². The van der Waals surface area contributed by atoms with Gasteiger partial charge in [-0.05, 0) is 51.0 Å². The summed E-state index contributed by atoms with van der Waals surface area (Å²) in [5, 5.41) is 3.22. The average Bonchev–Trinajstić information content (AvgIpc) is 3.44. The van der Waals surface area contributed by atoms with E-state index in [-0.39, 0.29) is 30.4 Å². The predicted octanol–water partition coefficient (Wildman–Crippen LogP) is 3.02. The van der Waals surface area contributed by atoms with Crippen molar-refractivity contribution in [1.82, 2.24) is 9.88 Å². The van der Waals surface area contributed by atoms with Crippen molar-refractivity contribution in [3.05, 3.63) is 34.8 Å². The molecule has 170 valence electrons. The number of benzene rings is 1. The summed E-state index contributed by atoms with van der Waals surface area (Å²) in [6.45, 7) is 5.51. The zero-order valence-electron chi connectivity index (χ0n) is 18.1. The number of aromatic nitrogens is 1. The topological polar surface area (TPSA) is 101 Å². The van der Waals surface area contributed by atoms with Crippen molar-refractivity contribution >= 4 is 40.1 Å². The summed E-state index contributed by atoms with van der Waals surface area (Å²) < 4.78 is 10.6. The molecule has 1 aliphatic heterocycles. The number of nitrogens with one attached hydrogen (secondary N) is 1. The maximum absolute atomic E-state index is 12.8. The minimum absolute atomic E-state index is 0.0576. The maximum atomic E-state index is 12.8. The molecule has 4 rings (SSSR count). The monoisotopic (exact) mass is 458 g/mol. The zero-order valence-corrected chi connectivity index (χ0v) is 18.9. The number of anilines is 2. The van der Waals surface area contributed by atoms with Crippen molar-refractivity contribution in [2.75, 3.05) is 43.1 Å². The lowest BCUT2D eigenvalue weighted by Gasteiger charge is -2.18. The van der Waals surface area contributed by atoms with Gasteiger partial charge in [0, 0.05) is 23.7 Å². The van der Waals surface area contributed by atoms with Gasteiger partial charge < -0.3 is 19.7 Å². The van der Waals surface area contributed by atoms with Gasteiger partial charge in [-0.15, -0.1) is 11.3 Å². The van der Waals surface area contributed by atoms with E-state index in [1.165, 1.54) is 16.2 Å². The second kappa shape index (κ2) is 9.56. The van der Waals surface area contributed by atoms with Crippen LogP contribution in [0.5, 0.6) is 5.75 Å². The molecule has 32 heavy (non-hydrogen) atoms. The maximum Gasteiger partial charge on any atom is 0.325 e. The van der Waals surface area contributed by atoms with E-state index in [2.05, 4.69) is 10.3 Å². The Morgan fingerprint density at radius 3 is 2.69 bits per heavy atom. The first-order chi connectivity index (χ1) is 15.5. The van der Waals surface area contributed by atoms with Gasteiger partial charge in [-0.25, -0.2) is 9.78 Å². The summed E-state index contributed by atoms with van der Waals surface area (Å²) in [5.41, 5.74) is 1.46. The van der Waals surface area contributed by atoms with E-state index in [1.54, 1.807) is 11.8 Å². The SMILES string of the molecule is CCOC(=O)C1CCc2sc(NC(=O)CN3CCN(c4ccc(OCC)cc4)C3=O)nc21. The number of thiazole rings is 1. The standard InChI is InChI=1S/C22H26N4O5S/c1-3-30-15-7-5-14(6-8-15)26-12-11-25(22(26)29)13-18(27)23-21-24-19-16(20(28)31-4-2)9-10-17(19)32-21/h5-8,16H,3-4,9-13H2,1-2H3,(H,23,24,27). The molecule has 2 heterocycles. The molecule has 10 heteroatoms. The number of amides is 3. The molecule has 0 bridgehead atoms. The van der Waals surface area contributed by atoms with Gasteiger partial charge in [-0.3, -0.25) is 14.5 Å². The van der Waals surface area contributed by atoms with E-state index in [9.17, 15) is 14.4 Å². The molecule has 2 aromatic rings. The third-order valence-electron chi connectivity index (χ3n) is 5.42. The number of hydrogen-bond donors (Lipinski definition) is 1. The van der Waals surface area contributed by atoms with Crippen LogP contribution in [0.2, 0.25) is 0 Å². The Morgan fingerprint density at radius 1 is 1.19 bits per heavy atom. The number of fused-ring (bicyclic) bond motifs is 1. The number of esters is 1. The van der Waals surface area contributed by atoms with Gasteiger partial charge in [-0.2, -0.15) is 0 Å². The second-order valence-corrected chi connectivity index (χ2v) is 8.59. The summed E-state index contributed by atoms with van der Waals surface area (Å²) in [6, 6.07) is 7.11. The van der Waals surface area contributed by atoms with Crippen molar-refractivity contribution in [2.45, 2.75) is 32.6 Å². The number of carbonyl (C=O) groups excluding carboxylic acids is 3. The highest BCUT2D eigenvalue weighted by Gasteiger charge is 2.34. The highest BCUT2D eigenvalue weighted by molar-refractivity contribution is 7.16. The smallest absolute Gasteiger partial charge is 0.325 e. The van der Waals surface area contributed by atoms with Crippen molar-refractivity contribution in [1.29, 1.82) is 0 Å². The molecule has 9 nitrogen and oxygen atoms in total. The van der Waals surface area contributed by atoms with Crippen LogP contribution in [0.15, 0.2) is 24.3 Å². The Morgan fingerprint density at radius 2 is 1.97 bits per heavy atom. The molecule has 1 saturated heterocycles. The fraction of sp³-hybridized carbons (Fsp3) is 0.455. The first kappa shape index (κ1) is 22.1. The molecule has 1 aromatic heterocycles. The number of urea groups is 1. The number of nitrogens with zero attached hydrogens (tertiary/aromatic N) is 3. The predicted molar refractivity (Wildman–Crippen MR) is 120 cm³/mol. The van der Waals surface area contributed by atoms with E-state index in [0.717, 1.165) is 22.7 Å². The van der Waals surface area contributed by atoms with Crippen molar-refractivity contribution < 1.29 is 23.9 Å². The van der Waals surface area contributed by atoms with E-state index in [4.69, 9.17) is 9.47 Å². The number of ether oxygens (including phenoxy) is 2. The van der Waals surface area contributed by atoms with E-state index in [0.29, 0.717) is 43.5 Å². The molecule has 1 unspecified atom stereocenters. The number of hydrogen-bond acceptors (Lipinski definition) is 7. The quantitative estimate of drug-likeness (QED) is 0.611. The lowest BCUT2D eigenvalue weighted by Crippen LogP contribution is -2.37. The van der Waals surface area contributed by atoms with Crippen LogP contribution in [0, 0.1) is 0 Å². The first-order valence-corrected chi connectivity index (χ1v) is 11.6. The lowest BCUT2D eigenvalue weighted by atomic mass is 10.1. The zero-order chi connectivity index (χ0) is 22.7. The van der Waals surface area contributed by atoms with Gasteiger partial charge >= 0.3 is 12.0 Å². The van der Waals surface area contributed by atoms with Crippen LogP contribution in [-0.2, 0) is 20.7 Å². The third-order valence-corrected chi connectivity index (χ3v) is 6.47. The Hall–Kier alpha value is -3.14. The molecule has 3 amide bonds. The van der Waals surface area contributed by atoms with E-state index >= 15 is 0 Å². The van der Waals surface area contributed by atoms with Gasteiger partial charge in [0.05, 0.1) is 18.9 Å². The average molecular weight is 459 g/mol. The summed E-state index contributed by atoms with van der Waals surface area (Å²) >= 11 is 1.37. The van der Waals surface area contributed by atoms with Crippen LogP contribution in [0.3, 0.4) is 0 Å². The second-order valence-electron chi connectivity index (χ2n) is 7.50. The number of aryl methyl sites for hydroxylation is 1. The Labute approximate surface area is 190 Å². The van der Waals surface area contributed by atoms with E-state index in [1.807, 2.05) is 31.2 Å². The van der Waals surface area contributed by atoms with Crippen molar-refractivity contribution in [3.8, 4) is 5.75 Å². The summed E-state index contributed by atoms with van der Waals surface area (Å²) in [7, 11) is 0. The van der Waals surface area contributed by atoms with Crippen LogP contribution in [0.1, 0.15) is 36.8 Å². The summed E-state index contributed by atoms with van der Waals surface area (Å²) in [4.78, 5) is 46.0. The highest BCUT2D eigenvalue weighted by atomic mass is 32.1. The molecular weight excluding hydrogens is 432 g/mol. The molecule has 1 fully saturated rings. The first-order valence-electron chi connectivity index (χ1n) is 10.8. The summed E-state index contributed by atoms with van der Waals surface area (Å²) in [6.07, 6.45) is 1.43. The third kappa shape index (κ3) is 4.55. The van der Waals surface area contributed by atoms with E-state index < -0.39 is 0 Å². The minimum Gasteiger partial charge on any atom is -0.494 e. The Balaban J connectivity index is 1.34. The van der Waals surface area contributed by atoms with Gasteiger partial charge in [0.2, 0.25) is 5.91 Å². The van der Waals surface area contributed by atoms with Crippen LogP contribution in [-0.4, -0.2) is 60.6 Å². The van der Waals surface area contributed by atoms with Crippen LogP contribution in [0.25, 0.3) is 0 Å². The molecular formula is C22H26N4O5S. The molecule has 1 aliphatic carbocycles. The summed E-state index contributed by atoms with van der Waals surface area (Å²) in [5.74, 6) is -0.201. The molecule has 0 radical (unpaired) electrons. The molecule has 0 saturated carbocycles. The number of rotatable bonds is 8. The van der Waals surface area contributed by atoms with Gasteiger partial charge in [0.1, 0.15) is 18.2 Å². The fourth-order valence-corrected chi connectivity index (χ4v) is 5.00. The lowest BCUT2D eigenvalue weighted by molar-refractivity contribution is -0.145. The van der Waals surface area contributed by atoms with Gasteiger partial charge in [-0.1, -0.05) is 0 Å². The van der Waals surface area contributed by atoms with Crippen molar-refractivity contribution in [3.63, 3.8) is 0 Å². The Kier molecular flexibility index (Phi) is 6.59. The molecule has 1 aromatic carbocycles. The molecule has 1 atom stereocenters. The largest absolute Gasteiger partial charge is 0.494 e. The van der Waals surface area contributed by atoms with Gasteiger partial charge in [0.15, 0.2) is 5.13 Å². The van der Waals surface area contributed by atoms with Crippen LogP contribution in [0.4, 0.5) is 15.6 Å². The highest BCUT2D eigenvalue weighted by Crippen LogP contribution is 2.39. The Bertz CT molecular complexity index is 1010. The molecule has 0 spiro atoms. The fourth-order valence-electron chi connectivity index (χ4n) is 3.94. The normalized spacial score (nSPS) is 17.4. The van der Waals surface area contributed by atoms with Crippen LogP contribution < -0.4 is 15.0 Å². The van der Waals surface area contributed by atoms with Gasteiger partial charge in [0.25, 0.3) is 0 Å². The molecule has 1 N–H and O–H groups in total.